The third-order valence-corrected chi connectivity index (χ3v) is 5.22. The molecule has 1 heterocycles. The molecule has 0 saturated carbocycles. The van der Waals surface area contributed by atoms with Crippen molar-refractivity contribution >= 4 is 46.6 Å². The maximum atomic E-state index is 13.0. The number of nitrogens with one attached hydrogen (secondary N) is 1. The third-order valence-electron chi connectivity index (χ3n) is 3.48. The summed E-state index contributed by atoms with van der Waals surface area (Å²) >= 11 is 13.1. The first-order valence-corrected chi connectivity index (χ1v) is 9.39. The predicted molar refractivity (Wildman–Crippen MR) is 104 cm³/mol. The number of hydrogen-bond donors (Lipinski definition) is 1. The summed E-state index contributed by atoms with van der Waals surface area (Å²) in [7, 11) is 0. The van der Waals surface area contributed by atoms with Crippen molar-refractivity contribution in [2.24, 2.45) is 0 Å². The van der Waals surface area contributed by atoms with E-state index in [2.05, 4.69) is 10.3 Å². The number of benzene rings is 2. The first-order valence-electron chi connectivity index (χ1n) is 7.64. The van der Waals surface area contributed by atoms with E-state index in [4.69, 9.17) is 23.2 Å². The monoisotopic (exact) mass is 409 g/mol. The minimum atomic E-state index is -0.270. The Morgan fingerprint density at radius 2 is 1.92 bits per heavy atom. The highest BCUT2D eigenvalue weighted by molar-refractivity contribution is 7.99. The van der Waals surface area contributed by atoms with Crippen LogP contribution in [-0.4, -0.2) is 21.2 Å². The summed E-state index contributed by atoms with van der Waals surface area (Å²) in [5.74, 6) is -0.251. The number of rotatable bonds is 6. The Hall–Kier alpha value is -2.02. The van der Waals surface area contributed by atoms with Crippen LogP contribution in [0.15, 0.2) is 60.0 Å². The van der Waals surface area contributed by atoms with Crippen molar-refractivity contribution in [3.63, 3.8) is 0 Å². The molecule has 26 heavy (non-hydrogen) atoms. The number of imidazole rings is 1. The van der Waals surface area contributed by atoms with Crippen molar-refractivity contribution < 1.29 is 9.18 Å². The Morgan fingerprint density at radius 3 is 2.65 bits per heavy atom. The van der Waals surface area contributed by atoms with Gasteiger partial charge in [0.2, 0.25) is 5.91 Å². The van der Waals surface area contributed by atoms with Gasteiger partial charge in [-0.05, 0) is 35.9 Å². The van der Waals surface area contributed by atoms with Gasteiger partial charge in [0.05, 0.1) is 15.8 Å². The van der Waals surface area contributed by atoms with Crippen LogP contribution in [0.25, 0.3) is 0 Å². The van der Waals surface area contributed by atoms with Gasteiger partial charge in [-0.25, -0.2) is 9.37 Å². The number of carbonyl (C=O) groups is 1. The van der Waals surface area contributed by atoms with E-state index in [-0.39, 0.29) is 17.5 Å². The summed E-state index contributed by atoms with van der Waals surface area (Å²) < 4.78 is 14.9. The summed E-state index contributed by atoms with van der Waals surface area (Å²) in [6, 6.07) is 11.2. The van der Waals surface area contributed by atoms with Gasteiger partial charge in [-0.3, -0.25) is 4.79 Å². The molecular formula is C18H14Cl2FN3OS. The fraction of sp³-hybridized carbons (Fsp3) is 0.111. The van der Waals surface area contributed by atoms with Gasteiger partial charge in [0, 0.05) is 24.6 Å². The number of thioether (sulfide) groups is 1. The zero-order valence-electron chi connectivity index (χ0n) is 13.5. The molecule has 0 aliphatic rings. The number of amides is 1. The lowest BCUT2D eigenvalue weighted by Gasteiger charge is -2.09. The molecule has 0 bridgehead atoms. The van der Waals surface area contributed by atoms with E-state index < -0.39 is 0 Å². The summed E-state index contributed by atoms with van der Waals surface area (Å²) in [4.78, 5) is 16.4. The van der Waals surface area contributed by atoms with Crippen molar-refractivity contribution in [1.29, 1.82) is 0 Å². The summed E-state index contributed by atoms with van der Waals surface area (Å²) in [6.07, 6.45) is 3.49. The fourth-order valence-corrected chi connectivity index (χ4v) is 3.30. The van der Waals surface area contributed by atoms with Crippen molar-refractivity contribution in [2.45, 2.75) is 11.7 Å². The van der Waals surface area contributed by atoms with Crippen molar-refractivity contribution in [2.75, 3.05) is 11.1 Å². The van der Waals surface area contributed by atoms with Crippen LogP contribution in [0.1, 0.15) is 5.56 Å². The molecule has 0 spiro atoms. The number of carbonyl (C=O) groups excluding carboxylic acids is 1. The molecule has 3 rings (SSSR count). The summed E-state index contributed by atoms with van der Waals surface area (Å²) in [5, 5.41) is 4.29. The second-order valence-electron chi connectivity index (χ2n) is 5.43. The van der Waals surface area contributed by atoms with E-state index in [1.165, 1.54) is 23.9 Å². The van der Waals surface area contributed by atoms with E-state index in [0.29, 0.717) is 27.4 Å². The first kappa shape index (κ1) is 18.8. The molecule has 4 nitrogen and oxygen atoms in total. The highest BCUT2D eigenvalue weighted by Gasteiger charge is 2.09. The zero-order chi connectivity index (χ0) is 18.5. The lowest BCUT2D eigenvalue weighted by molar-refractivity contribution is -0.113. The Labute approximate surface area is 164 Å². The van der Waals surface area contributed by atoms with Crippen molar-refractivity contribution in [3.05, 3.63) is 76.3 Å². The van der Waals surface area contributed by atoms with E-state index in [1.54, 1.807) is 36.5 Å². The molecule has 134 valence electrons. The van der Waals surface area contributed by atoms with E-state index in [0.717, 1.165) is 5.56 Å². The average molecular weight is 410 g/mol. The van der Waals surface area contributed by atoms with Gasteiger partial charge in [-0.1, -0.05) is 47.1 Å². The Morgan fingerprint density at radius 1 is 1.15 bits per heavy atom. The van der Waals surface area contributed by atoms with Gasteiger partial charge in [-0.2, -0.15) is 0 Å². The molecule has 0 radical (unpaired) electrons. The van der Waals surface area contributed by atoms with Crippen molar-refractivity contribution in [3.8, 4) is 0 Å². The van der Waals surface area contributed by atoms with E-state index in [9.17, 15) is 9.18 Å². The van der Waals surface area contributed by atoms with Gasteiger partial charge in [-0.15, -0.1) is 0 Å². The van der Waals surface area contributed by atoms with Crippen LogP contribution in [-0.2, 0) is 11.3 Å². The Kier molecular flexibility index (Phi) is 6.19. The van der Waals surface area contributed by atoms with Crippen LogP contribution in [0.2, 0.25) is 10.0 Å². The van der Waals surface area contributed by atoms with E-state index in [1.807, 2.05) is 10.8 Å². The molecule has 0 atom stereocenters. The molecular weight excluding hydrogens is 396 g/mol. The molecule has 2 aromatic carbocycles. The van der Waals surface area contributed by atoms with Crippen LogP contribution < -0.4 is 5.32 Å². The third kappa shape index (κ3) is 5.00. The van der Waals surface area contributed by atoms with E-state index >= 15 is 0 Å². The van der Waals surface area contributed by atoms with Gasteiger partial charge in [0.25, 0.3) is 0 Å². The number of aromatic nitrogens is 2. The summed E-state index contributed by atoms with van der Waals surface area (Å²) in [5.41, 5.74) is 1.53. The SMILES string of the molecule is O=C(CSc1nccn1Cc1ccc(F)cc1)Nc1ccc(Cl)c(Cl)c1. The maximum absolute atomic E-state index is 13.0. The quantitative estimate of drug-likeness (QED) is 0.575. The zero-order valence-corrected chi connectivity index (χ0v) is 15.8. The number of hydrogen-bond acceptors (Lipinski definition) is 3. The predicted octanol–water partition coefficient (Wildman–Crippen LogP) is 5.11. The minimum Gasteiger partial charge on any atom is -0.325 e. The van der Waals surface area contributed by atoms with Gasteiger partial charge in [0.15, 0.2) is 5.16 Å². The lowest BCUT2D eigenvalue weighted by atomic mass is 10.2. The van der Waals surface area contributed by atoms with Crippen LogP contribution in [0.3, 0.4) is 0 Å². The number of halogens is 3. The topological polar surface area (TPSA) is 46.9 Å². The lowest BCUT2D eigenvalue weighted by Crippen LogP contribution is -2.14. The molecule has 0 aliphatic heterocycles. The molecule has 0 unspecified atom stereocenters. The Bertz CT molecular complexity index is 915. The minimum absolute atomic E-state index is 0.176. The second kappa shape index (κ2) is 8.58. The smallest absolute Gasteiger partial charge is 0.234 e. The molecule has 0 fully saturated rings. The standard InChI is InChI=1S/C18H14Cl2FN3OS/c19-15-6-5-14(9-16(15)20)23-17(25)11-26-18-22-7-8-24(18)10-12-1-3-13(21)4-2-12/h1-9H,10-11H2,(H,23,25). The maximum Gasteiger partial charge on any atom is 0.234 e. The van der Waals surface area contributed by atoms with Crippen molar-refractivity contribution in [1.82, 2.24) is 9.55 Å². The molecule has 1 N–H and O–H groups in total. The second-order valence-corrected chi connectivity index (χ2v) is 7.19. The van der Waals surface area contributed by atoms with Gasteiger partial charge >= 0.3 is 0 Å². The number of nitrogens with zero attached hydrogens (tertiary/aromatic N) is 2. The highest BCUT2D eigenvalue weighted by Crippen LogP contribution is 2.25. The highest BCUT2D eigenvalue weighted by atomic mass is 35.5. The molecule has 1 amide bonds. The van der Waals surface area contributed by atoms with Gasteiger partial charge in [0.1, 0.15) is 5.82 Å². The van der Waals surface area contributed by atoms with Crippen LogP contribution in [0.5, 0.6) is 0 Å². The first-order chi connectivity index (χ1) is 12.5. The average Bonchev–Trinajstić information content (AvgIpc) is 3.05. The molecule has 0 aliphatic carbocycles. The fourth-order valence-electron chi connectivity index (χ4n) is 2.24. The van der Waals surface area contributed by atoms with Crippen LogP contribution in [0.4, 0.5) is 10.1 Å². The summed E-state index contributed by atoms with van der Waals surface area (Å²) in [6.45, 7) is 0.553. The van der Waals surface area contributed by atoms with Crippen LogP contribution in [0, 0.1) is 5.82 Å². The molecule has 1 aromatic heterocycles. The number of anilines is 1. The van der Waals surface area contributed by atoms with Gasteiger partial charge < -0.3 is 9.88 Å². The largest absolute Gasteiger partial charge is 0.325 e. The molecule has 8 heteroatoms. The Balaban J connectivity index is 1.58. The normalized spacial score (nSPS) is 10.7. The molecule has 3 aromatic rings. The van der Waals surface area contributed by atoms with Crippen LogP contribution >= 0.6 is 35.0 Å². The molecule has 0 saturated heterocycles.